The van der Waals surface area contributed by atoms with Crippen LogP contribution in [0.5, 0.6) is 0 Å². The first-order valence-electron chi connectivity index (χ1n) is 9.12. The lowest BCUT2D eigenvalue weighted by molar-refractivity contribution is -0.117. The second kappa shape index (κ2) is 9.94. The minimum atomic E-state index is -0.436. The molecule has 1 heterocycles. The van der Waals surface area contributed by atoms with Crippen LogP contribution in [0.2, 0.25) is 0 Å². The molecule has 0 atom stereocenters. The third-order valence-corrected chi connectivity index (χ3v) is 4.11. The Morgan fingerprint density at radius 2 is 1.83 bits per heavy atom. The van der Waals surface area contributed by atoms with Crippen molar-refractivity contribution in [2.45, 2.75) is 6.42 Å². The molecule has 0 aliphatic rings. The summed E-state index contributed by atoms with van der Waals surface area (Å²) >= 11 is 0. The Bertz CT molecular complexity index is 1000. The van der Waals surface area contributed by atoms with Crippen molar-refractivity contribution in [1.82, 2.24) is 15.6 Å². The summed E-state index contributed by atoms with van der Waals surface area (Å²) in [5, 5.41) is 5.42. The summed E-state index contributed by atoms with van der Waals surface area (Å²) in [4.78, 5) is 29.2. The number of nitrogens with zero attached hydrogens (tertiary/aromatic N) is 1. The molecular weight excluding hydrogens is 369 g/mol. The first-order valence-corrected chi connectivity index (χ1v) is 9.12. The molecule has 0 unspecified atom stereocenters. The number of hydrogen-bond donors (Lipinski definition) is 2. The largest absolute Gasteiger partial charge is 0.350 e. The zero-order valence-electron chi connectivity index (χ0n) is 15.6. The van der Waals surface area contributed by atoms with Gasteiger partial charge in [-0.15, -0.1) is 0 Å². The first kappa shape index (κ1) is 19.9. The molecule has 0 bridgehead atoms. The highest BCUT2D eigenvalue weighted by Crippen LogP contribution is 2.07. The van der Waals surface area contributed by atoms with Gasteiger partial charge in [0.2, 0.25) is 0 Å². The van der Waals surface area contributed by atoms with Crippen LogP contribution in [0.25, 0.3) is 6.08 Å². The van der Waals surface area contributed by atoms with Crippen molar-refractivity contribution < 1.29 is 14.0 Å². The number of hydrogen-bond acceptors (Lipinski definition) is 3. The standard InChI is InChI=1S/C23H20FN3O2/c24-20-10-4-6-17(14-20)11-13-26-23(29)21(15-18-7-5-12-25-16-18)27-22(28)19-8-2-1-3-9-19/h1-10,12,14-16H,11,13H2,(H,26,29)(H,27,28)/b21-15+. The van der Waals surface area contributed by atoms with Gasteiger partial charge in [-0.3, -0.25) is 14.6 Å². The summed E-state index contributed by atoms with van der Waals surface area (Å²) in [5.41, 5.74) is 2.00. The quantitative estimate of drug-likeness (QED) is 0.609. The predicted molar refractivity (Wildman–Crippen MR) is 109 cm³/mol. The Hall–Kier alpha value is -3.80. The lowest BCUT2D eigenvalue weighted by atomic mass is 10.1. The van der Waals surface area contributed by atoms with E-state index in [1.54, 1.807) is 67.0 Å². The van der Waals surface area contributed by atoms with Crippen LogP contribution in [-0.4, -0.2) is 23.3 Å². The van der Waals surface area contributed by atoms with E-state index in [1.165, 1.54) is 12.1 Å². The Morgan fingerprint density at radius 1 is 1.00 bits per heavy atom. The lowest BCUT2D eigenvalue weighted by Gasteiger charge is -2.11. The van der Waals surface area contributed by atoms with Crippen LogP contribution in [0.3, 0.4) is 0 Å². The van der Waals surface area contributed by atoms with E-state index < -0.39 is 5.91 Å². The molecular formula is C23H20FN3O2. The van der Waals surface area contributed by atoms with Crippen LogP contribution in [-0.2, 0) is 11.2 Å². The molecule has 0 aliphatic heterocycles. The molecule has 0 aliphatic carbocycles. The van der Waals surface area contributed by atoms with E-state index in [0.29, 0.717) is 24.1 Å². The maximum Gasteiger partial charge on any atom is 0.267 e. The smallest absolute Gasteiger partial charge is 0.267 e. The van der Waals surface area contributed by atoms with Gasteiger partial charge in [-0.25, -0.2) is 4.39 Å². The summed E-state index contributed by atoms with van der Waals surface area (Å²) in [7, 11) is 0. The SMILES string of the molecule is O=C(NCCc1cccc(F)c1)/C(=C\c1cccnc1)NC(=O)c1ccccc1. The van der Waals surface area contributed by atoms with Gasteiger partial charge < -0.3 is 10.6 Å². The number of rotatable bonds is 7. The monoisotopic (exact) mass is 389 g/mol. The Morgan fingerprint density at radius 3 is 2.55 bits per heavy atom. The van der Waals surface area contributed by atoms with Crippen molar-refractivity contribution in [3.05, 3.63) is 107 Å². The normalized spacial score (nSPS) is 11.0. The first-order chi connectivity index (χ1) is 14.1. The highest BCUT2D eigenvalue weighted by Gasteiger charge is 2.14. The summed E-state index contributed by atoms with van der Waals surface area (Å²) < 4.78 is 13.3. The lowest BCUT2D eigenvalue weighted by Crippen LogP contribution is -2.35. The van der Waals surface area contributed by atoms with E-state index in [2.05, 4.69) is 15.6 Å². The Labute approximate surface area is 168 Å². The Kier molecular flexibility index (Phi) is 6.84. The maximum absolute atomic E-state index is 13.3. The number of benzene rings is 2. The third-order valence-electron chi connectivity index (χ3n) is 4.11. The van der Waals surface area contributed by atoms with Crippen LogP contribution < -0.4 is 10.6 Å². The van der Waals surface area contributed by atoms with Crippen LogP contribution in [0.1, 0.15) is 21.5 Å². The van der Waals surface area contributed by atoms with Crippen molar-refractivity contribution in [2.24, 2.45) is 0 Å². The predicted octanol–water partition coefficient (Wildman–Crippen LogP) is 3.35. The number of aromatic nitrogens is 1. The molecule has 6 heteroatoms. The fourth-order valence-electron chi connectivity index (χ4n) is 2.68. The zero-order chi connectivity index (χ0) is 20.5. The number of pyridine rings is 1. The van der Waals surface area contributed by atoms with Gasteiger partial charge in [-0.1, -0.05) is 36.4 Å². The van der Waals surface area contributed by atoms with Crippen LogP contribution in [0.15, 0.2) is 84.8 Å². The number of nitrogens with one attached hydrogen (secondary N) is 2. The number of amides is 2. The molecule has 1 aromatic heterocycles. The molecule has 0 fully saturated rings. The van der Waals surface area contributed by atoms with Crippen molar-refractivity contribution in [3.63, 3.8) is 0 Å². The van der Waals surface area contributed by atoms with Gasteiger partial charge in [-0.2, -0.15) is 0 Å². The maximum atomic E-state index is 13.3. The zero-order valence-corrected chi connectivity index (χ0v) is 15.6. The minimum absolute atomic E-state index is 0.103. The summed E-state index contributed by atoms with van der Waals surface area (Å²) in [5.74, 6) is -1.14. The minimum Gasteiger partial charge on any atom is -0.350 e. The topological polar surface area (TPSA) is 71.1 Å². The molecule has 0 saturated carbocycles. The van der Waals surface area contributed by atoms with Crippen molar-refractivity contribution in [2.75, 3.05) is 6.54 Å². The van der Waals surface area contributed by atoms with Gasteiger partial charge in [-0.05, 0) is 54.0 Å². The molecule has 0 spiro atoms. The van der Waals surface area contributed by atoms with Gasteiger partial charge in [0, 0.05) is 24.5 Å². The Balaban J connectivity index is 1.71. The fraction of sp³-hybridized carbons (Fsp3) is 0.0870. The second-order valence-electron chi connectivity index (χ2n) is 6.30. The van der Waals surface area contributed by atoms with Gasteiger partial charge in [0.25, 0.3) is 11.8 Å². The van der Waals surface area contributed by atoms with E-state index >= 15 is 0 Å². The fourth-order valence-corrected chi connectivity index (χ4v) is 2.68. The molecule has 3 aromatic rings. The molecule has 2 amide bonds. The average molecular weight is 389 g/mol. The van der Waals surface area contributed by atoms with E-state index in [1.807, 2.05) is 6.07 Å². The molecule has 2 aromatic carbocycles. The average Bonchev–Trinajstić information content (AvgIpc) is 2.74. The van der Waals surface area contributed by atoms with Gasteiger partial charge >= 0.3 is 0 Å². The third kappa shape index (κ3) is 6.10. The van der Waals surface area contributed by atoms with Crippen LogP contribution >= 0.6 is 0 Å². The van der Waals surface area contributed by atoms with Crippen LogP contribution in [0.4, 0.5) is 4.39 Å². The molecule has 5 nitrogen and oxygen atoms in total. The summed E-state index contributed by atoms with van der Waals surface area (Å²) in [6.07, 6.45) is 5.25. The molecule has 146 valence electrons. The molecule has 3 rings (SSSR count). The van der Waals surface area contributed by atoms with Crippen LogP contribution in [0, 0.1) is 5.82 Å². The van der Waals surface area contributed by atoms with E-state index in [-0.39, 0.29) is 17.4 Å². The molecule has 0 radical (unpaired) electrons. The van der Waals surface area contributed by atoms with Crippen molar-refractivity contribution in [3.8, 4) is 0 Å². The number of carbonyl (C=O) groups is 2. The number of halogens is 1. The van der Waals surface area contributed by atoms with Gasteiger partial charge in [0.1, 0.15) is 11.5 Å². The van der Waals surface area contributed by atoms with E-state index in [0.717, 1.165) is 5.56 Å². The second-order valence-corrected chi connectivity index (χ2v) is 6.30. The van der Waals surface area contributed by atoms with Gasteiger partial charge in [0.05, 0.1) is 0 Å². The molecule has 2 N–H and O–H groups in total. The molecule has 0 saturated heterocycles. The van der Waals surface area contributed by atoms with Crippen molar-refractivity contribution in [1.29, 1.82) is 0 Å². The van der Waals surface area contributed by atoms with E-state index in [9.17, 15) is 14.0 Å². The van der Waals surface area contributed by atoms with E-state index in [4.69, 9.17) is 0 Å². The number of carbonyl (C=O) groups excluding carboxylic acids is 2. The highest BCUT2D eigenvalue weighted by molar-refractivity contribution is 6.05. The molecule has 29 heavy (non-hydrogen) atoms. The van der Waals surface area contributed by atoms with Crippen molar-refractivity contribution >= 4 is 17.9 Å². The summed E-state index contributed by atoms with van der Waals surface area (Å²) in [6.45, 7) is 0.299. The highest BCUT2D eigenvalue weighted by atomic mass is 19.1. The summed E-state index contributed by atoms with van der Waals surface area (Å²) in [6, 6.07) is 18.4. The van der Waals surface area contributed by atoms with Gasteiger partial charge in [0.15, 0.2) is 0 Å².